The molecule has 2 rings (SSSR count). The Labute approximate surface area is 90.5 Å². The molecule has 0 aliphatic heterocycles. The molecule has 1 saturated carbocycles. The predicted octanol–water partition coefficient (Wildman–Crippen LogP) is 2.93. The summed E-state index contributed by atoms with van der Waals surface area (Å²) < 4.78 is 25.6. The molecule has 0 unspecified atom stereocenters. The van der Waals surface area contributed by atoms with Gasteiger partial charge in [0.15, 0.2) is 0 Å². The van der Waals surface area contributed by atoms with Crippen LogP contribution in [0.2, 0.25) is 5.15 Å². The Morgan fingerprint density at radius 2 is 2.13 bits per heavy atom. The van der Waals surface area contributed by atoms with Crippen LogP contribution >= 0.6 is 11.6 Å². The van der Waals surface area contributed by atoms with E-state index in [2.05, 4.69) is 4.98 Å². The van der Waals surface area contributed by atoms with Crippen molar-refractivity contribution in [2.75, 3.05) is 0 Å². The number of halogens is 3. The highest BCUT2D eigenvalue weighted by Crippen LogP contribution is 2.53. The maximum Gasteiger partial charge on any atom is 0.251 e. The van der Waals surface area contributed by atoms with Crippen LogP contribution in [0.4, 0.5) is 8.78 Å². The Hall–Kier alpha value is -1.21. The molecule has 1 aromatic rings. The second kappa shape index (κ2) is 3.14. The number of nitrogens with zero attached hydrogens (tertiary/aromatic N) is 2. The number of hydrogen-bond acceptors (Lipinski definition) is 2. The van der Waals surface area contributed by atoms with E-state index in [4.69, 9.17) is 16.9 Å². The molecule has 0 atom stereocenters. The second-order valence-electron chi connectivity index (χ2n) is 3.77. The molecule has 0 bridgehead atoms. The van der Waals surface area contributed by atoms with Crippen molar-refractivity contribution in [2.24, 2.45) is 0 Å². The first kappa shape index (κ1) is 10.3. The van der Waals surface area contributed by atoms with E-state index >= 15 is 0 Å². The fraction of sp³-hybridized carbons (Fsp3) is 0.400. The Balaban J connectivity index is 2.35. The summed E-state index contributed by atoms with van der Waals surface area (Å²) in [6, 6.07) is 4.98. The highest BCUT2D eigenvalue weighted by Gasteiger charge is 2.58. The average molecular weight is 229 g/mol. The minimum atomic E-state index is -2.73. The smallest absolute Gasteiger partial charge is 0.245 e. The highest BCUT2D eigenvalue weighted by molar-refractivity contribution is 6.29. The third-order valence-electron chi connectivity index (χ3n) is 2.61. The van der Waals surface area contributed by atoms with E-state index in [1.807, 2.05) is 6.07 Å². The quantitative estimate of drug-likeness (QED) is 0.693. The lowest BCUT2D eigenvalue weighted by Gasteiger charge is -2.42. The second-order valence-corrected chi connectivity index (χ2v) is 4.16. The van der Waals surface area contributed by atoms with Gasteiger partial charge in [-0.1, -0.05) is 11.6 Å². The molecule has 1 aromatic heterocycles. The molecule has 1 aliphatic carbocycles. The first-order valence-corrected chi connectivity index (χ1v) is 4.76. The van der Waals surface area contributed by atoms with Gasteiger partial charge < -0.3 is 0 Å². The summed E-state index contributed by atoms with van der Waals surface area (Å²) in [7, 11) is 0. The third kappa shape index (κ3) is 1.68. The van der Waals surface area contributed by atoms with Crippen molar-refractivity contribution in [1.82, 2.24) is 4.98 Å². The summed E-state index contributed by atoms with van der Waals surface area (Å²) >= 11 is 5.65. The van der Waals surface area contributed by atoms with E-state index in [1.165, 1.54) is 12.3 Å². The Kier molecular flexibility index (Phi) is 2.16. The number of aromatic nitrogens is 1. The monoisotopic (exact) mass is 228 g/mol. The number of rotatable bonds is 1. The molecular weight excluding hydrogens is 222 g/mol. The molecule has 15 heavy (non-hydrogen) atoms. The summed E-state index contributed by atoms with van der Waals surface area (Å²) in [5, 5.41) is 9.19. The van der Waals surface area contributed by atoms with Gasteiger partial charge in [-0.25, -0.2) is 13.8 Å². The van der Waals surface area contributed by atoms with Crippen LogP contribution < -0.4 is 0 Å². The van der Waals surface area contributed by atoms with E-state index in [0.717, 1.165) is 0 Å². The lowest BCUT2D eigenvalue weighted by molar-refractivity contribution is -0.109. The first-order valence-electron chi connectivity index (χ1n) is 4.39. The summed E-state index contributed by atoms with van der Waals surface area (Å²) in [6.07, 6.45) is 0.556. The number of nitriles is 1. The van der Waals surface area contributed by atoms with Crippen LogP contribution in [0.15, 0.2) is 18.3 Å². The molecule has 0 aromatic carbocycles. The Morgan fingerprint density at radius 1 is 1.47 bits per heavy atom. The fourth-order valence-electron chi connectivity index (χ4n) is 1.88. The lowest BCUT2D eigenvalue weighted by atomic mass is 9.63. The Morgan fingerprint density at radius 3 is 2.60 bits per heavy atom. The molecule has 0 N–H and O–H groups in total. The molecule has 0 amide bonds. The summed E-state index contributed by atoms with van der Waals surface area (Å²) in [6.45, 7) is 0. The minimum Gasteiger partial charge on any atom is -0.245 e. The van der Waals surface area contributed by atoms with Gasteiger partial charge in [-0.3, -0.25) is 0 Å². The van der Waals surface area contributed by atoms with Gasteiger partial charge in [0.1, 0.15) is 5.15 Å². The first-order chi connectivity index (χ1) is 6.97. The fourth-order valence-corrected chi connectivity index (χ4v) is 2.05. The van der Waals surface area contributed by atoms with Gasteiger partial charge in [-0.05, 0) is 17.7 Å². The molecule has 1 heterocycles. The van der Waals surface area contributed by atoms with Crippen molar-refractivity contribution in [3.63, 3.8) is 0 Å². The van der Waals surface area contributed by atoms with Gasteiger partial charge in [-0.15, -0.1) is 0 Å². The van der Waals surface area contributed by atoms with Crippen molar-refractivity contribution in [1.29, 1.82) is 5.26 Å². The predicted molar refractivity (Wildman–Crippen MR) is 50.7 cm³/mol. The van der Waals surface area contributed by atoms with Gasteiger partial charge in [0, 0.05) is 19.0 Å². The van der Waals surface area contributed by atoms with Crippen LogP contribution in [0.25, 0.3) is 0 Å². The van der Waals surface area contributed by atoms with Crippen LogP contribution in [0, 0.1) is 11.3 Å². The van der Waals surface area contributed by atoms with E-state index in [0.29, 0.717) is 5.56 Å². The van der Waals surface area contributed by atoms with Crippen LogP contribution in [-0.2, 0) is 5.41 Å². The zero-order valence-corrected chi connectivity index (χ0v) is 8.43. The number of pyridine rings is 1. The molecule has 1 fully saturated rings. The number of alkyl halides is 2. The van der Waals surface area contributed by atoms with Gasteiger partial charge in [0.05, 0.1) is 11.5 Å². The zero-order chi connectivity index (χ0) is 11.1. The molecule has 1 aliphatic rings. The summed E-state index contributed by atoms with van der Waals surface area (Å²) in [5.41, 5.74) is -0.563. The molecule has 5 heteroatoms. The van der Waals surface area contributed by atoms with Gasteiger partial charge in [-0.2, -0.15) is 5.26 Å². The minimum absolute atomic E-state index is 0.220. The van der Waals surface area contributed by atoms with E-state index < -0.39 is 24.2 Å². The zero-order valence-electron chi connectivity index (χ0n) is 7.67. The average Bonchev–Trinajstić information content (AvgIpc) is 2.13. The van der Waals surface area contributed by atoms with Crippen molar-refractivity contribution in [3.05, 3.63) is 29.0 Å². The molecule has 2 nitrogen and oxygen atoms in total. The van der Waals surface area contributed by atoms with Crippen molar-refractivity contribution in [2.45, 2.75) is 24.2 Å². The van der Waals surface area contributed by atoms with Crippen LogP contribution in [0.3, 0.4) is 0 Å². The standard InChI is InChI=1S/C10H7ClF2N2/c11-8-3-7(1-2-15-8)9(6-14)4-10(12,13)5-9/h1-3H,4-5H2. The normalized spacial score (nSPS) is 21.5. The molecule has 0 radical (unpaired) electrons. The van der Waals surface area contributed by atoms with Crippen LogP contribution in [-0.4, -0.2) is 10.9 Å². The molecular formula is C10H7ClF2N2. The SMILES string of the molecule is N#CC1(c2ccnc(Cl)c2)CC(F)(F)C1. The highest BCUT2D eigenvalue weighted by atomic mass is 35.5. The molecule has 0 spiro atoms. The van der Waals surface area contributed by atoms with Gasteiger partial charge >= 0.3 is 0 Å². The Bertz CT molecular complexity index is 431. The molecule has 0 saturated heterocycles. The van der Waals surface area contributed by atoms with Crippen LogP contribution in [0.5, 0.6) is 0 Å². The topological polar surface area (TPSA) is 36.7 Å². The van der Waals surface area contributed by atoms with Crippen molar-refractivity contribution in [3.8, 4) is 6.07 Å². The summed E-state index contributed by atoms with van der Waals surface area (Å²) in [4.78, 5) is 3.75. The molecule has 78 valence electrons. The largest absolute Gasteiger partial charge is 0.251 e. The third-order valence-corrected chi connectivity index (χ3v) is 2.82. The van der Waals surface area contributed by atoms with Crippen molar-refractivity contribution >= 4 is 11.6 Å². The van der Waals surface area contributed by atoms with Gasteiger partial charge in [0.25, 0.3) is 5.92 Å². The maximum absolute atomic E-state index is 12.8. The van der Waals surface area contributed by atoms with E-state index in [-0.39, 0.29) is 5.15 Å². The summed E-state index contributed by atoms with van der Waals surface area (Å²) in [5.74, 6) is -2.73. The van der Waals surface area contributed by atoms with Crippen LogP contribution in [0.1, 0.15) is 18.4 Å². The lowest BCUT2D eigenvalue weighted by Crippen LogP contribution is -2.48. The van der Waals surface area contributed by atoms with Crippen molar-refractivity contribution < 1.29 is 8.78 Å². The number of hydrogen-bond donors (Lipinski definition) is 0. The maximum atomic E-state index is 12.8. The van der Waals surface area contributed by atoms with Gasteiger partial charge in [0.2, 0.25) is 0 Å². The van der Waals surface area contributed by atoms with E-state index in [1.54, 1.807) is 6.07 Å². The van der Waals surface area contributed by atoms with E-state index in [9.17, 15) is 8.78 Å².